The van der Waals surface area contributed by atoms with Crippen LogP contribution in [0, 0.1) is 0 Å². The van der Waals surface area contributed by atoms with Crippen LogP contribution in [0.1, 0.15) is 19.3 Å². The maximum atomic E-state index is 5.45. The van der Waals surface area contributed by atoms with Gasteiger partial charge in [-0.25, -0.2) is 0 Å². The Kier molecular flexibility index (Phi) is 5.55. The third kappa shape index (κ3) is 4.37. The fraction of sp³-hybridized carbons (Fsp3) is 1.00. The monoisotopic (exact) mass is 228 g/mol. The van der Waals surface area contributed by atoms with E-state index in [2.05, 4.69) is 10.2 Å². The molecule has 2 heterocycles. The second-order valence-corrected chi connectivity index (χ2v) is 4.65. The third-order valence-corrected chi connectivity index (χ3v) is 3.42. The van der Waals surface area contributed by atoms with Crippen LogP contribution in [0.2, 0.25) is 0 Å². The molecule has 1 N–H and O–H groups in total. The van der Waals surface area contributed by atoms with E-state index in [4.69, 9.17) is 9.47 Å². The Morgan fingerprint density at radius 3 is 2.69 bits per heavy atom. The molecule has 94 valence electrons. The van der Waals surface area contributed by atoms with E-state index in [0.29, 0.717) is 6.04 Å². The number of ether oxygens (including phenoxy) is 2. The van der Waals surface area contributed by atoms with E-state index in [0.717, 1.165) is 52.6 Å². The van der Waals surface area contributed by atoms with Crippen LogP contribution in [0.25, 0.3) is 0 Å². The van der Waals surface area contributed by atoms with Crippen LogP contribution in [0.4, 0.5) is 0 Å². The lowest BCUT2D eigenvalue weighted by Gasteiger charge is -2.27. The van der Waals surface area contributed by atoms with Gasteiger partial charge in [0.2, 0.25) is 0 Å². The summed E-state index contributed by atoms with van der Waals surface area (Å²) in [6.45, 7) is 8.11. The predicted octanol–water partition coefficient (Wildman–Crippen LogP) is 0.477. The largest absolute Gasteiger partial charge is 0.381 e. The van der Waals surface area contributed by atoms with E-state index in [1.54, 1.807) is 0 Å². The lowest BCUT2D eigenvalue weighted by Crippen LogP contribution is -2.42. The minimum absolute atomic E-state index is 0.670. The van der Waals surface area contributed by atoms with Gasteiger partial charge >= 0.3 is 0 Å². The highest BCUT2D eigenvalue weighted by atomic mass is 16.5. The Morgan fingerprint density at radius 1 is 1.00 bits per heavy atom. The van der Waals surface area contributed by atoms with Crippen molar-refractivity contribution >= 4 is 0 Å². The molecule has 2 saturated heterocycles. The summed E-state index contributed by atoms with van der Waals surface area (Å²) in [5.74, 6) is 0. The Balaban J connectivity index is 1.55. The van der Waals surface area contributed by atoms with Crippen molar-refractivity contribution in [2.24, 2.45) is 0 Å². The smallest absolute Gasteiger partial charge is 0.0594 e. The van der Waals surface area contributed by atoms with Crippen LogP contribution >= 0.6 is 0 Å². The summed E-state index contributed by atoms with van der Waals surface area (Å²) >= 11 is 0. The summed E-state index contributed by atoms with van der Waals surface area (Å²) in [4.78, 5) is 2.48. The number of hydrogen-bond donors (Lipinski definition) is 1. The van der Waals surface area contributed by atoms with E-state index in [9.17, 15) is 0 Å². The molecule has 2 rings (SSSR count). The summed E-state index contributed by atoms with van der Waals surface area (Å²) in [5.41, 5.74) is 0. The average molecular weight is 228 g/mol. The lowest BCUT2D eigenvalue weighted by molar-refractivity contribution is 0.0380. The van der Waals surface area contributed by atoms with Gasteiger partial charge in [-0.05, 0) is 19.3 Å². The summed E-state index contributed by atoms with van der Waals surface area (Å²) in [6, 6.07) is 0.670. The maximum absolute atomic E-state index is 5.45. The zero-order valence-electron chi connectivity index (χ0n) is 10.1. The molecule has 0 spiro atoms. The van der Waals surface area contributed by atoms with Gasteiger partial charge in [-0.2, -0.15) is 0 Å². The molecular formula is C12H24N2O2. The first-order valence-electron chi connectivity index (χ1n) is 6.56. The van der Waals surface area contributed by atoms with Crippen molar-refractivity contribution in [1.82, 2.24) is 10.2 Å². The molecule has 4 heteroatoms. The van der Waals surface area contributed by atoms with Gasteiger partial charge in [0.1, 0.15) is 0 Å². The normalized spacial score (nSPS) is 28.9. The van der Waals surface area contributed by atoms with Crippen molar-refractivity contribution in [1.29, 1.82) is 0 Å². The number of rotatable bonds is 4. The molecule has 2 aliphatic heterocycles. The van der Waals surface area contributed by atoms with Crippen LogP contribution < -0.4 is 5.32 Å². The molecule has 2 fully saturated rings. The molecule has 0 aliphatic carbocycles. The van der Waals surface area contributed by atoms with Gasteiger partial charge in [-0.3, -0.25) is 4.90 Å². The van der Waals surface area contributed by atoms with Crippen molar-refractivity contribution in [3.8, 4) is 0 Å². The van der Waals surface area contributed by atoms with Crippen LogP contribution in [0.5, 0.6) is 0 Å². The summed E-state index contributed by atoms with van der Waals surface area (Å²) in [6.07, 6.45) is 3.64. The Morgan fingerprint density at radius 2 is 1.81 bits per heavy atom. The second kappa shape index (κ2) is 7.22. The molecule has 0 bridgehead atoms. The van der Waals surface area contributed by atoms with Crippen molar-refractivity contribution < 1.29 is 9.47 Å². The third-order valence-electron chi connectivity index (χ3n) is 3.42. The quantitative estimate of drug-likeness (QED) is 0.759. The van der Waals surface area contributed by atoms with Crippen LogP contribution in [0.15, 0.2) is 0 Å². The molecular weight excluding hydrogens is 204 g/mol. The van der Waals surface area contributed by atoms with E-state index < -0.39 is 0 Å². The van der Waals surface area contributed by atoms with Crippen molar-refractivity contribution in [2.45, 2.75) is 25.3 Å². The fourth-order valence-corrected chi connectivity index (χ4v) is 2.36. The molecule has 0 aromatic heterocycles. The van der Waals surface area contributed by atoms with Crippen molar-refractivity contribution in [3.05, 3.63) is 0 Å². The van der Waals surface area contributed by atoms with Crippen molar-refractivity contribution in [3.63, 3.8) is 0 Å². The summed E-state index contributed by atoms with van der Waals surface area (Å²) in [7, 11) is 0. The first kappa shape index (κ1) is 12.3. The van der Waals surface area contributed by atoms with E-state index in [-0.39, 0.29) is 0 Å². The van der Waals surface area contributed by atoms with Crippen LogP contribution in [-0.4, -0.2) is 63.5 Å². The number of hydrogen-bond acceptors (Lipinski definition) is 4. The molecule has 2 aliphatic rings. The van der Waals surface area contributed by atoms with Gasteiger partial charge in [-0.15, -0.1) is 0 Å². The van der Waals surface area contributed by atoms with E-state index in [1.165, 1.54) is 19.3 Å². The molecule has 0 radical (unpaired) electrons. The van der Waals surface area contributed by atoms with Gasteiger partial charge in [0.05, 0.1) is 13.2 Å². The van der Waals surface area contributed by atoms with Gasteiger partial charge in [-0.1, -0.05) is 0 Å². The zero-order valence-corrected chi connectivity index (χ0v) is 10.1. The Bertz CT molecular complexity index is 176. The summed E-state index contributed by atoms with van der Waals surface area (Å²) < 4.78 is 10.8. The highest BCUT2D eigenvalue weighted by Gasteiger charge is 2.13. The molecule has 1 atom stereocenters. The molecule has 1 unspecified atom stereocenters. The number of nitrogens with one attached hydrogen (secondary N) is 1. The first-order valence-corrected chi connectivity index (χ1v) is 6.56. The highest BCUT2D eigenvalue weighted by molar-refractivity contribution is 4.71. The van der Waals surface area contributed by atoms with Gasteiger partial charge < -0.3 is 14.8 Å². The van der Waals surface area contributed by atoms with Crippen LogP contribution in [0.3, 0.4) is 0 Å². The van der Waals surface area contributed by atoms with E-state index in [1.807, 2.05) is 0 Å². The molecule has 0 aromatic carbocycles. The summed E-state index contributed by atoms with van der Waals surface area (Å²) in [5, 5.41) is 3.65. The van der Waals surface area contributed by atoms with Gasteiger partial charge in [0.15, 0.2) is 0 Å². The second-order valence-electron chi connectivity index (χ2n) is 4.65. The molecule has 16 heavy (non-hydrogen) atoms. The minimum Gasteiger partial charge on any atom is -0.381 e. The number of morpholine rings is 1. The van der Waals surface area contributed by atoms with Crippen LogP contribution in [-0.2, 0) is 9.47 Å². The molecule has 0 saturated carbocycles. The molecule has 0 aromatic rings. The SMILES string of the molecule is C1COCCC(NCCN2CCOCC2)C1. The molecule has 0 amide bonds. The Labute approximate surface area is 98.3 Å². The topological polar surface area (TPSA) is 33.7 Å². The minimum atomic E-state index is 0.670. The highest BCUT2D eigenvalue weighted by Crippen LogP contribution is 2.07. The van der Waals surface area contributed by atoms with Crippen molar-refractivity contribution in [2.75, 3.05) is 52.6 Å². The average Bonchev–Trinajstić information content (AvgIpc) is 2.59. The van der Waals surface area contributed by atoms with Gasteiger partial charge in [0.25, 0.3) is 0 Å². The lowest BCUT2D eigenvalue weighted by atomic mass is 10.1. The standard InChI is InChI=1S/C12H24N2O2/c1-2-12(3-9-15-8-1)13-4-5-14-6-10-16-11-7-14/h12-13H,1-11H2. The maximum Gasteiger partial charge on any atom is 0.0594 e. The van der Waals surface area contributed by atoms with Gasteiger partial charge in [0, 0.05) is 45.4 Å². The molecule has 4 nitrogen and oxygen atoms in total. The zero-order chi connectivity index (χ0) is 11.1. The Hall–Kier alpha value is -0.160. The number of nitrogens with zero attached hydrogens (tertiary/aromatic N) is 1. The first-order chi connectivity index (χ1) is 7.95. The van der Waals surface area contributed by atoms with E-state index >= 15 is 0 Å². The fourth-order valence-electron chi connectivity index (χ4n) is 2.36. The predicted molar refractivity (Wildman–Crippen MR) is 63.7 cm³/mol.